The van der Waals surface area contributed by atoms with E-state index >= 15 is 0 Å². The summed E-state index contributed by atoms with van der Waals surface area (Å²) in [6.45, 7) is 8.39. The predicted octanol–water partition coefficient (Wildman–Crippen LogP) is 5.26. The van der Waals surface area contributed by atoms with Crippen LogP contribution in [0.25, 0.3) is 5.76 Å². The zero-order chi connectivity index (χ0) is 22.5. The zero-order valence-corrected chi connectivity index (χ0v) is 18.7. The minimum absolute atomic E-state index is 0.0688. The molecule has 31 heavy (non-hydrogen) atoms. The molecule has 0 saturated carbocycles. The molecule has 0 aliphatic carbocycles. The van der Waals surface area contributed by atoms with E-state index in [9.17, 15) is 14.7 Å². The average molecular weight is 422 g/mol. The molecular weight excluding hydrogens is 390 g/mol. The van der Waals surface area contributed by atoms with Gasteiger partial charge in [-0.2, -0.15) is 0 Å². The minimum atomic E-state index is -0.688. The van der Waals surface area contributed by atoms with Crippen molar-refractivity contribution < 1.29 is 19.4 Å². The molecule has 0 aromatic heterocycles. The second-order valence-electron chi connectivity index (χ2n) is 8.10. The minimum Gasteiger partial charge on any atom is -0.507 e. The van der Waals surface area contributed by atoms with Gasteiger partial charge in [0.1, 0.15) is 11.5 Å². The van der Waals surface area contributed by atoms with Crippen molar-refractivity contribution in [2.75, 3.05) is 6.54 Å². The quantitative estimate of drug-likeness (QED) is 0.359. The Morgan fingerprint density at radius 1 is 1.06 bits per heavy atom. The molecule has 0 spiro atoms. The standard InChI is InChI=1S/C26H31NO4/c1-5-7-16-27-23(20-10-8-9-11-21(20)31-17(3)4)22(25(29)26(27)30)24(28)19-14-12-18(6-2)13-15-19/h8-15,17,23,28H,5-7,16H2,1-4H3/b24-22-. The first kappa shape index (κ1) is 22.6. The normalized spacial score (nSPS) is 18.1. The SMILES string of the molecule is CCCCN1C(=O)C(=O)/C(=C(\O)c2ccc(CC)cc2)C1c1ccccc1OC(C)C. The number of rotatable bonds is 8. The van der Waals surface area contributed by atoms with Crippen LogP contribution in [0.3, 0.4) is 0 Å². The number of hydrogen-bond acceptors (Lipinski definition) is 4. The van der Waals surface area contributed by atoms with E-state index in [-0.39, 0.29) is 17.4 Å². The molecule has 1 fully saturated rings. The molecule has 1 unspecified atom stereocenters. The average Bonchev–Trinajstić information content (AvgIpc) is 3.01. The van der Waals surface area contributed by atoms with Crippen LogP contribution < -0.4 is 4.74 Å². The monoisotopic (exact) mass is 421 g/mol. The highest BCUT2D eigenvalue weighted by Crippen LogP contribution is 2.43. The Labute approximate surface area is 184 Å². The van der Waals surface area contributed by atoms with E-state index in [1.807, 2.05) is 57.2 Å². The number of aryl methyl sites for hydroxylation is 1. The number of ketones is 1. The summed E-state index contributed by atoms with van der Waals surface area (Å²) in [5, 5.41) is 11.2. The Kier molecular flexibility index (Phi) is 7.16. The number of amides is 1. The molecule has 1 heterocycles. The number of aliphatic hydroxyl groups is 1. The van der Waals surface area contributed by atoms with Crippen molar-refractivity contribution in [3.05, 3.63) is 70.8 Å². The topological polar surface area (TPSA) is 66.8 Å². The Balaban J connectivity index is 2.18. The number of nitrogens with zero attached hydrogens (tertiary/aromatic N) is 1. The third kappa shape index (κ3) is 4.66. The molecule has 164 valence electrons. The number of carbonyl (C=O) groups is 2. The molecule has 1 N–H and O–H groups in total. The molecule has 1 aliphatic rings. The fraction of sp³-hybridized carbons (Fsp3) is 0.385. The molecule has 1 atom stereocenters. The summed E-state index contributed by atoms with van der Waals surface area (Å²) in [6.07, 6.45) is 2.46. The second kappa shape index (κ2) is 9.82. The first-order valence-electron chi connectivity index (χ1n) is 11.0. The summed E-state index contributed by atoms with van der Waals surface area (Å²) in [7, 11) is 0. The molecule has 2 aromatic carbocycles. The van der Waals surface area contributed by atoms with Crippen molar-refractivity contribution in [3.63, 3.8) is 0 Å². The van der Waals surface area contributed by atoms with E-state index in [0.717, 1.165) is 24.8 Å². The maximum atomic E-state index is 13.1. The predicted molar refractivity (Wildman–Crippen MR) is 122 cm³/mol. The molecule has 1 saturated heterocycles. The summed E-state index contributed by atoms with van der Waals surface area (Å²) >= 11 is 0. The van der Waals surface area contributed by atoms with E-state index in [1.54, 1.807) is 17.0 Å². The van der Waals surface area contributed by atoms with Crippen LogP contribution in [0.2, 0.25) is 0 Å². The molecular formula is C26H31NO4. The second-order valence-corrected chi connectivity index (χ2v) is 8.10. The van der Waals surface area contributed by atoms with Crippen LogP contribution in [0.1, 0.15) is 63.3 Å². The van der Waals surface area contributed by atoms with Crippen LogP contribution in [0, 0.1) is 0 Å². The lowest BCUT2D eigenvalue weighted by molar-refractivity contribution is -0.139. The molecule has 5 heteroatoms. The maximum absolute atomic E-state index is 13.1. The van der Waals surface area contributed by atoms with Gasteiger partial charge in [-0.3, -0.25) is 9.59 Å². The Morgan fingerprint density at radius 2 is 1.74 bits per heavy atom. The van der Waals surface area contributed by atoms with Gasteiger partial charge in [-0.05, 0) is 38.3 Å². The fourth-order valence-electron chi connectivity index (χ4n) is 3.88. The molecule has 1 aliphatic heterocycles. The van der Waals surface area contributed by atoms with Crippen LogP contribution in [0.15, 0.2) is 54.1 Å². The number of benzene rings is 2. The number of unbranched alkanes of at least 4 members (excludes halogenated alkanes) is 1. The molecule has 0 radical (unpaired) electrons. The van der Waals surface area contributed by atoms with E-state index in [4.69, 9.17) is 4.74 Å². The van der Waals surface area contributed by atoms with E-state index in [0.29, 0.717) is 23.4 Å². The Bertz CT molecular complexity index is 975. The van der Waals surface area contributed by atoms with Crippen molar-refractivity contribution in [2.45, 2.75) is 59.1 Å². The van der Waals surface area contributed by atoms with Gasteiger partial charge >= 0.3 is 0 Å². The number of Topliss-reactive ketones (excluding diaryl/α,β-unsaturated/α-hetero) is 1. The van der Waals surface area contributed by atoms with Crippen molar-refractivity contribution in [2.24, 2.45) is 0 Å². The van der Waals surface area contributed by atoms with Crippen LogP contribution in [-0.2, 0) is 16.0 Å². The lowest BCUT2D eigenvalue weighted by atomic mass is 9.94. The fourth-order valence-corrected chi connectivity index (χ4v) is 3.88. The Morgan fingerprint density at radius 3 is 2.35 bits per heavy atom. The summed E-state index contributed by atoms with van der Waals surface area (Å²) in [4.78, 5) is 27.6. The first-order valence-corrected chi connectivity index (χ1v) is 11.0. The van der Waals surface area contributed by atoms with Gasteiger partial charge < -0.3 is 14.7 Å². The van der Waals surface area contributed by atoms with Gasteiger partial charge in [-0.1, -0.05) is 62.7 Å². The largest absolute Gasteiger partial charge is 0.507 e. The molecule has 5 nitrogen and oxygen atoms in total. The highest BCUT2D eigenvalue weighted by molar-refractivity contribution is 6.46. The van der Waals surface area contributed by atoms with Crippen molar-refractivity contribution >= 4 is 17.4 Å². The third-order valence-electron chi connectivity index (χ3n) is 5.50. The zero-order valence-electron chi connectivity index (χ0n) is 18.7. The van der Waals surface area contributed by atoms with Gasteiger partial charge in [0.25, 0.3) is 11.7 Å². The molecule has 3 rings (SSSR count). The van der Waals surface area contributed by atoms with E-state index in [1.165, 1.54) is 0 Å². The summed E-state index contributed by atoms with van der Waals surface area (Å²) in [5.74, 6) is -0.774. The van der Waals surface area contributed by atoms with Gasteiger partial charge in [-0.15, -0.1) is 0 Å². The van der Waals surface area contributed by atoms with Crippen molar-refractivity contribution in [1.29, 1.82) is 0 Å². The molecule has 1 amide bonds. The number of likely N-dealkylation sites (tertiary alicyclic amines) is 1. The van der Waals surface area contributed by atoms with E-state index in [2.05, 4.69) is 6.92 Å². The highest BCUT2D eigenvalue weighted by Gasteiger charge is 2.46. The number of aliphatic hydroxyl groups excluding tert-OH is 1. The van der Waals surface area contributed by atoms with Crippen LogP contribution in [-0.4, -0.2) is 34.3 Å². The van der Waals surface area contributed by atoms with Gasteiger partial charge in [0.05, 0.1) is 17.7 Å². The Hall–Kier alpha value is -3.08. The number of hydrogen-bond donors (Lipinski definition) is 1. The van der Waals surface area contributed by atoms with Gasteiger partial charge in [0.2, 0.25) is 0 Å². The molecule has 0 bridgehead atoms. The number of ether oxygens (including phenoxy) is 1. The van der Waals surface area contributed by atoms with Crippen LogP contribution in [0.4, 0.5) is 0 Å². The lowest BCUT2D eigenvalue weighted by Crippen LogP contribution is -2.31. The number of carbonyl (C=O) groups excluding carboxylic acids is 2. The van der Waals surface area contributed by atoms with Crippen molar-refractivity contribution in [3.8, 4) is 5.75 Å². The maximum Gasteiger partial charge on any atom is 0.295 e. The van der Waals surface area contributed by atoms with Gasteiger partial charge in [0.15, 0.2) is 0 Å². The number of para-hydroxylation sites is 1. The summed E-state index contributed by atoms with van der Waals surface area (Å²) < 4.78 is 5.99. The van der Waals surface area contributed by atoms with E-state index < -0.39 is 17.7 Å². The van der Waals surface area contributed by atoms with Crippen LogP contribution >= 0.6 is 0 Å². The molecule has 2 aromatic rings. The summed E-state index contributed by atoms with van der Waals surface area (Å²) in [6, 6.07) is 14.2. The first-order chi connectivity index (χ1) is 14.9. The summed E-state index contributed by atoms with van der Waals surface area (Å²) in [5.41, 5.74) is 2.48. The van der Waals surface area contributed by atoms with Gasteiger partial charge in [0, 0.05) is 17.7 Å². The van der Waals surface area contributed by atoms with Gasteiger partial charge in [-0.25, -0.2) is 0 Å². The third-order valence-corrected chi connectivity index (χ3v) is 5.50. The highest BCUT2D eigenvalue weighted by atomic mass is 16.5. The van der Waals surface area contributed by atoms with Crippen molar-refractivity contribution in [1.82, 2.24) is 4.90 Å². The van der Waals surface area contributed by atoms with Crippen LogP contribution in [0.5, 0.6) is 5.75 Å². The smallest absolute Gasteiger partial charge is 0.295 e. The lowest BCUT2D eigenvalue weighted by Gasteiger charge is -2.27.